The van der Waals surface area contributed by atoms with E-state index in [1.165, 1.54) is 0 Å². The fraction of sp³-hybridized carbons (Fsp3) is 1.00. The van der Waals surface area contributed by atoms with Crippen LogP contribution in [0, 0.1) is 0 Å². The van der Waals surface area contributed by atoms with Crippen molar-refractivity contribution in [1.82, 2.24) is 5.06 Å². The van der Waals surface area contributed by atoms with Gasteiger partial charge in [-0.1, -0.05) is 0 Å². The molecule has 0 saturated heterocycles. The minimum absolute atomic E-state index is 0.299. The first-order chi connectivity index (χ1) is 2.94. The SMILES string of the molecule is CN(O)C(C)(O)O. The number of rotatable bonds is 1. The largest absolute Gasteiger partial charge is 0.352 e. The Balaban J connectivity index is 3.54. The summed E-state index contributed by atoms with van der Waals surface area (Å²) in [5.41, 5.74) is 0. The lowest BCUT2D eigenvalue weighted by molar-refractivity contribution is -0.340. The van der Waals surface area contributed by atoms with Crippen molar-refractivity contribution in [3.63, 3.8) is 0 Å². The molecule has 0 aromatic heterocycles. The highest BCUT2D eigenvalue weighted by atomic mass is 16.6. The minimum Gasteiger partial charge on any atom is -0.352 e. The highest BCUT2D eigenvalue weighted by Crippen LogP contribution is 1.96. The lowest BCUT2D eigenvalue weighted by Gasteiger charge is -2.20. The van der Waals surface area contributed by atoms with Gasteiger partial charge in [-0.25, -0.2) is 0 Å². The molecule has 7 heavy (non-hydrogen) atoms. The van der Waals surface area contributed by atoms with Gasteiger partial charge in [0.15, 0.2) is 0 Å². The third kappa shape index (κ3) is 2.52. The second-order valence-electron chi connectivity index (χ2n) is 1.49. The number of hydroxylamine groups is 2. The van der Waals surface area contributed by atoms with Gasteiger partial charge in [0.2, 0.25) is 5.91 Å². The van der Waals surface area contributed by atoms with Gasteiger partial charge in [0.25, 0.3) is 0 Å². The van der Waals surface area contributed by atoms with Crippen LogP contribution in [0.1, 0.15) is 6.92 Å². The van der Waals surface area contributed by atoms with Gasteiger partial charge in [-0.3, -0.25) is 0 Å². The summed E-state index contributed by atoms with van der Waals surface area (Å²) in [6, 6.07) is 0. The van der Waals surface area contributed by atoms with Crippen molar-refractivity contribution in [3.05, 3.63) is 0 Å². The van der Waals surface area contributed by atoms with Crippen LogP contribution >= 0.6 is 0 Å². The molecule has 44 valence electrons. The topological polar surface area (TPSA) is 63.9 Å². The molecule has 0 aromatic carbocycles. The van der Waals surface area contributed by atoms with Gasteiger partial charge in [-0.05, 0) is 0 Å². The molecule has 0 aliphatic rings. The van der Waals surface area contributed by atoms with Crippen molar-refractivity contribution >= 4 is 0 Å². The average Bonchev–Trinajstić information content (AvgIpc) is 1.31. The maximum absolute atomic E-state index is 8.33. The van der Waals surface area contributed by atoms with Crippen LogP contribution in [0.5, 0.6) is 0 Å². The van der Waals surface area contributed by atoms with Crippen LogP contribution < -0.4 is 0 Å². The van der Waals surface area contributed by atoms with E-state index in [1.54, 1.807) is 0 Å². The lowest BCUT2D eigenvalue weighted by Crippen LogP contribution is -2.40. The van der Waals surface area contributed by atoms with Crippen LogP contribution in [0.15, 0.2) is 0 Å². The third-order valence-corrected chi connectivity index (χ3v) is 0.613. The molecule has 3 N–H and O–H groups in total. The van der Waals surface area contributed by atoms with E-state index in [4.69, 9.17) is 15.4 Å². The Bertz CT molecular complexity index is 55.7. The monoisotopic (exact) mass is 107 g/mol. The first kappa shape index (κ1) is 6.84. The van der Waals surface area contributed by atoms with Crippen molar-refractivity contribution in [1.29, 1.82) is 0 Å². The van der Waals surface area contributed by atoms with E-state index < -0.39 is 5.91 Å². The van der Waals surface area contributed by atoms with E-state index in [-0.39, 0.29) is 0 Å². The molecule has 0 unspecified atom stereocenters. The van der Waals surface area contributed by atoms with Crippen LogP contribution in [-0.2, 0) is 0 Å². The normalized spacial score (nSPS) is 12.9. The Kier molecular flexibility index (Phi) is 1.71. The predicted octanol–water partition coefficient (Wildman–Crippen LogP) is -1.03. The highest BCUT2D eigenvalue weighted by Gasteiger charge is 2.18. The summed E-state index contributed by atoms with van der Waals surface area (Å²) in [6.07, 6.45) is 0. The molecule has 0 aliphatic heterocycles. The van der Waals surface area contributed by atoms with E-state index >= 15 is 0 Å². The zero-order valence-corrected chi connectivity index (χ0v) is 4.29. The zero-order valence-electron chi connectivity index (χ0n) is 4.29. The summed E-state index contributed by atoms with van der Waals surface area (Å²) < 4.78 is 0. The summed E-state index contributed by atoms with van der Waals surface area (Å²) >= 11 is 0. The molecule has 0 heterocycles. The Labute approximate surface area is 41.6 Å². The predicted molar refractivity (Wildman–Crippen MR) is 22.4 cm³/mol. The average molecular weight is 107 g/mol. The van der Waals surface area contributed by atoms with E-state index in [9.17, 15) is 0 Å². The van der Waals surface area contributed by atoms with Gasteiger partial charge in [-0.2, -0.15) is 0 Å². The molecule has 0 spiro atoms. The summed E-state index contributed by atoms with van der Waals surface area (Å²) in [5.74, 6) is -2.11. The zero-order chi connectivity index (χ0) is 6.08. The molecular weight excluding hydrogens is 98.0 g/mol. The Morgan fingerprint density at radius 2 is 1.57 bits per heavy atom. The van der Waals surface area contributed by atoms with Gasteiger partial charge < -0.3 is 15.4 Å². The third-order valence-electron chi connectivity index (χ3n) is 0.613. The smallest absolute Gasteiger partial charge is 0.243 e. The number of nitrogens with zero attached hydrogens (tertiary/aromatic N) is 1. The van der Waals surface area contributed by atoms with Crippen molar-refractivity contribution in [3.8, 4) is 0 Å². The minimum atomic E-state index is -2.11. The van der Waals surface area contributed by atoms with Crippen molar-refractivity contribution in [2.24, 2.45) is 0 Å². The van der Waals surface area contributed by atoms with Crippen molar-refractivity contribution < 1.29 is 15.4 Å². The van der Waals surface area contributed by atoms with Crippen LogP contribution in [0.2, 0.25) is 0 Å². The Morgan fingerprint density at radius 1 is 1.43 bits per heavy atom. The first-order valence-corrected chi connectivity index (χ1v) is 1.82. The molecule has 0 fully saturated rings. The van der Waals surface area contributed by atoms with E-state index in [0.717, 1.165) is 14.0 Å². The molecule has 0 bridgehead atoms. The van der Waals surface area contributed by atoms with Crippen molar-refractivity contribution in [2.45, 2.75) is 12.8 Å². The highest BCUT2D eigenvalue weighted by molar-refractivity contribution is 4.41. The van der Waals surface area contributed by atoms with Gasteiger partial charge in [0, 0.05) is 14.0 Å². The summed E-state index contributed by atoms with van der Waals surface area (Å²) in [6.45, 7) is 1.05. The number of hydrogen-bond acceptors (Lipinski definition) is 4. The first-order valence-electron chi connectivity index (χ1n) is 1.82. The molecule has 0 aliphatic carbocycles. The summed E-state index contributed by atoms with van der Waals surface area (Å²) in [4.78, 5) is 0. The second-order valence-corrected chi connectivity index (χ2v) is 1.49. The number of hydrogen-bond donors (Lipinski definition) is 3. The molecule has 0 atom stereocenters. The Hall–Kier alpha value is -0.160. The van der Waals surface area contributed by atoms with Gasteiger partial charge in [0.05, 0.1) is 0 Å². The maximum atomic E-state index is 8.33. The molecule has 4 nitrogen and oxygen atoms in total. The van der Waals surface area contributed by atoms with Crippen LogP contribution in [0.4, 0.5) is 0 Å². The van der Waals surface area contributed by atoms with E-state index in [2.05, 4.69) is 0 Å². The molecule has 0 saturated carbocycles. The van der Waals surface area contributed by atoms with Crippen molar-refractivity contribution in [2.75, 3.05) is 7.05 Å². The quantitative estimate of drug-likeness (QED) is 0.296. The van der Waals surface area contributed by atoms with Crippen LogP contribution in [0.25, 0.3) is 0 Å². The molecule has 4 heteroatoms. The van der Waals surface area contributed by atoms with Gasteiger partial charge in [0.1, 0.15) is 0 Å². The molecule has 0 radical (unpaired) electrons. The summed E-state index contributed by atoms with van der Waals surface area (Å²) in [7, 11) is 1.14. The Morgan fingerprint density at radius 3 is 1.57 bits per heavy atom. The molecule has 0 aromatic rings. The van der Waals surface area contributed by atoms with Crippen LogP contribution in [0.3, 0.4) is 0 Å². The number of aliphatic hydroxyl groups is 2. The maximum Gasteiger partial charge on any atom is 0.243 e. The second kappa shape index (κ2) is 1.75. The van der Waals surface area contributed by atoms with E-state index in [1.807, 2.05) is 0 Å². The van der Waals surface area contributed by atoms with Crippen LogP contribution in [-0.4, -0.2) is 33.4 Å². The fourth-order valence-electron chi connectivity index (χ4n) is 0. The molecular formula is C3H9NO3. The van der Waals surface area contributed by atoms with E-state index in [0.29, 0.717) is 5.06 Å². The summed E-state index contributed by atoms with van der Waals surface area (Å²) in [5, 5.41) is 25.2. The fourth-order valence-corrected chi connectivity index (χ4v) is 0. The molecule has 0 amide bonds. The van der Waals surface area contributed by atoms with Gasteiger partial charge >= 0.3 is 0 Å². The standard InChI is InChI=1S/C3H9NO3/c1-3(5,6)4(2)7/h5-7H,1-2H3. The molecule has 0 rings (SSSR count). The lowest BCUT2D eigenvalue weighted by atomic mass is 10.6. The van der Waals surface area contributed by atoms with Gasteiger partial charge in [-0.15, -0.1) is 5.06 Å².